The summed E-state index contributed by atoms with van der Waals surface area (Å²) in [6.45, 7) is 1.52. The fourth-order valence-corrected chi connectivity index (χ4v) is 1.88. The lowest BCUT2D eigenvalue weighted by Crippen LogP contribution is -2.11. The molecule has 3 aromatic rings. The Morgan fingerprint density at radius 2 is 2.18 bits per heavy atom. The molecule has 2 aromatic heterocycles. The van der Waals surface area contributed by atoms with Crippen molar-refractivity contribution in [2.75, 3.05) is 0 Å². The highest BCUT2D eigenvalue weighted by Crippen LogP contribution is 2.14. The standard InChI is InChI=1S/C13H13N3O/c1-2-13-11(3-5-15-13)7-10(1)8-14-9-12-4-6-16-17-12/h1-7,14-15H,8-9H2. The molecule has 0 aliphatic carbocycles. The molecule has 0 bridgehead atoms. The van der Waals surface area contributed by atoms with Crippen molar-refractivity contribution < 1.29 is 4.52 Å². The predicted octanol–water partition coefficient (Wildman–Crippen LogP) is 2.45. The van der Waals surface area contributed by atoms with Crippen molar-refractivity contribution in [2.45, 2.75) is 13.1 Å². The van der Waals surface area contributed by atoms with E-state index in [-0.39, 0.29) is 0 Å². The lowest BCUT2D eigenvalue weighted by molar-refractivity contribution is 0.373. The van der Waals surface area contributed by atoms with E-state index in [9.17, 15) is 0 Å². The highest BCUT2D eigenvalue weighted by atomic mass is 16.5. The van der Waals surface area contributed by atoms with Crippen molar-refractivity contribution in [1.82, 2.24) is 15.5 Å². The Balaban J connectivity index is 1.64. The Morgan fingerprint density at radius 1 is 1.18 bits per heavy atom. The number of aromatic nitrogens is 2. The number of nitrogens with zero attached hydrogens (tertiary/aromatic N) is 1. The van der Waals surface area contributed by atoms with Gasteiger partial charge in [0.15, 0.2) is 0 Å². The van der Waals surface area contributed by atoms with Crippen LogP contribution in [0.2, 0.25) is 0 Å². The summed E-state index contributed by atoms with van der Waals surface area (Å²) in [6, 6.07) is 10.3. The van der Waals surface area contributed by atoms with Gasteiger partial charge in [-0.05, 0) is 29.1 Å². The molecule has 0 fully saturated rings. The fraction of sp³-hybridized carbons (Fsp3) is 0.154. The van der Waals surface area contributed by atoms with Gasteiger partial charge in [-0.2, -0.15) is 0 Å². The molecule has 0 amide bonds. The zero-order chi connectivity index (χ0) is 11.5. The van der Waals surface area contributed by atoms with E-state index in [1.54, 1.807) is 6.20 Å². The SMILES string of the molecule is c1cc(CNCc2ccc3[nH]ccc3c2)on1. The van der Waals surface area contributed by atoms with Crippen molar-refractivity contribution in [1.29, 1.82) is 0 Å². The van der Waals surface area contributed by atoms with Crippen LogP contribution in [0.3, 0.4) is 0 Å². The Hall–Kier alpha value is -2.07. The highest BCUT2D eigenvalue weighted by molar-refractivity contribution is 5.79. The third kappa shape index (κ3) is 2.21. The fourth-order valence-electron chi connectivity index (χ4n) is 1.88. The van der Waals surface area contributed by atoms with Gasteiger partial charge >= 0.3 is 0 Å². The van der Waals surface area contributed by atoms with E-state index in [1.807, 2.05) is 12.3 Å². The maximum atomic E-state index is 5.01. The first-order valence-corrected chi connectivity index (χ1v) is 5.58. The molecular weight excluding hydrogens is 214 g/mol. The summed E-state index contributed by atoms with van der Waals surface area (Å²) < 4.78 is 5.01. The molecule has 17 heavy (non-hydrogen) atoms. The van der Waals surface area contributed by atoms with Crippen LogP contribution < -0.4 is 5.32 Å². The van der Waals surface area contributed by atoms with Crippen molar-refractivity contribution in [3.05, 3.63) is 54.0 Å². The second-order valence-corrected chi connectivity index (χ2v) is 3.98. The molecule has 0 aliphatic rings. The summed E-state index contributed by atoms with van der Waals surface area (Å²) >= 11 is 0. The van der Waals surface area contributed by atoms with E-state index in [2.05, 4.69) is 39.7 Å². The minimum atomic E-state index is 0.700. The third-order valence-electron chi connectivity index (χ3n) is 2.74. The zero-order valence-corrected chi connectivity index (χ0v) is 9.31. The number of nitrogens with one attached hydrogen (secondary N) is 2. The molecular formula is C13H13N3O. The monoisotopic (exact) mass is 227 g/mol. The van der Waals surface area contributed by atoms with Crippen molar-refractivity contribution in [2.24, 2.45) is 0 Å². The number of rotatable bonds is 4. The van der Waals surface area contributed by atoms with Gasteiger partial charge in [0.1, 0.15) is 5.76 Å². The van der Waals surface area contributed by atoms with Gasteiger partial charge < -0.3 is 14.8 Å². The van der Waals surface area contributed by atoms with Crippen molar-refractivity contribution in [3.8, 4) is 0 Å². The zero-order valence-electron chi connectivity index (χ0n) is 9.31. The minimum Gasteiger partial charge on any atom is -0.361 e. The molecule has 1 aromatic carbocycles. The van der Waals surface area contributed by atoms with E-state index < -0.39 is 0 Å². The summed E-state index contributed by atoms with van der Waals surface area (Å²) in [6.07, 6.45) is 3.61. The van der Waals surface area contributed by atoms with Crippen LogP contribution in [0.4, 0.5) is 0 Å². The Kier molecular flexibility index (Phi) is 2.63. The first-order valence-electron chi connectivity index (χ1n) is 5.58. The Morgan fingerprint density at radius 3 is 3.06 bits per heavy atom. The van der Waals surface area contributed by atoms with Crippen molar-refractivity contribution in [3.63, 3.8) is 0 Å². The number of benzene rings is 1. The van der Waals surface area contributed by atoms with E-state index in [0.717, 1.165) is 12.3 Å². The van der Waals surface area contributed by atoms with Crippen LogP contribution in [-0.4, -0.2) is 10.1 Å². The van der Waals surface area contributed by atoms with Crippen LogP contribution in [0, 0.1) is 0 Å². The molecule has 4 heteroatoms. The quantitative estimate of drug-likeness (QED) is 0.719. The average Bonchev–Trinajstić information content (AvgIpc) is 2.98. The molecule has 4 nitrogen and oxygen atoms in total. The largest absolute Gasteiger partial charge is 0.361 e. The van der Waals surface area contributed by atoms with Crippen molar-refractivity contribution >= 4 is 10.9 Å². The molecule has 0 spiro atoms. The maximum absolute atomic E-state index is 5.01. The molecule has 3 rings (SSSR count). The third-order valence-corrected chi connectivity index (χ3v) is 2.74. The topological polar surface area (TPSA) is 53.9 Å². The molecule has 0 saturated heterocycles. The second kappa shape index (κ2) is 4.43. The number of aromatic amines is 1. The van der Waals surface area contributed by atoms with Gasteiger partial charge in [0.25, 0.3) is 0 Å². The molecule has 86 valence electrons. The molecule has 0 aliphatic heterocycles. The van der Waals surface area contributed by atoms with Gasteiger partial charge in [-0.3, -0.25) is 0 Å². The van der Waals surface area contributed by atoms with Gasteiger partial charge in [0.2, 0.25) is 0 Å². The molecule has 2 N–H and O–H groups in total. The van der Waals surface area contributed by atoms with Crippen LogP contribution in [0.1, 0.15) is 11.3 Å². The summed E-state index contributed by atoms with van der Waals surface area (Å²) in [5.41, 5.74) is 2.43. The van der Waals surface area contributed by atoms with Crippen LogP contribution in [-0.2, 0) is 13.1 Å². The van der Waals surface area contributed by atoms with Gasteiger partial charge in [-0.15, -0.1) is 0 Å². The van der Waals surface area contributed by atoms with Gasteiger partial charge in [0, 0.05) is 24.3 Å². The van der Waals surface area contributed by atoms with E-state index in [4.69, 9.17) is 4.52 Å². The van der Waals surface area contributed by atoms with Crippen LogP contribution in [0.25, 0.3) is 10.9 Å². The summed E-state index contributed by atoms with van der Waals surface area (Å²) in [5.74, 6) is 0.854. The summed E-state index contributed by atoms with van der Waals surface area (Å²) in [7, 11) is 0. The first-order chi connectivity index (χ1) is 8.42. The minimum absolute atomic E-state index is 0.700. The Bertz CT molecular complexity index is 598. The Labute approximate surface area is 98.6 Å². The van der Waals surface area contributed by atoms with Crippen LogP contribution >= 0.6 is 0 Å². The predicted molar refractivity (Wildman–Crippen MR) is 65.3 cm³/mol. The van der Waals surface area contributed by atoms with Crippen LogP contribution in [0.5, 0.6) is 0 Å². The van der Waals surface area contributed by atoms with E-state index >= 15 is 0 Å². The number of hydrogen-bond donors (Lipinski definition) is 2. The number of hydrogen-bond acceptors (Lipinski definition) is 3. The lowest BCUT2D eigenvalue weighted by atomic mass is 10.1. The van der Waals surface area contributed by atoms with E-state index in [1.165, 1.54) is 16.5 Å². The normalized spacial score (nSPS) is 11.1. The van der Waals surface area contributed by atoms with Gasteiger partial charge in [0.05, 0.1) is 12.7 Å². The van der Waals surface area contributed by atoms with Gasteiger partial charge in [-0.1, -0.05) is 11.2 Å². The van der Waals surface area contributed by atoms with E-state index in [0.29, 0.717) is 6.54 Å². The number of H-pyrrole nitrogens is 1. The molecule has 2 heterocycles. The molecule has 0 radical (unpaired) electrons. The summed E-state index contributed by atoms with van der Waals surface area (Å²) in [5, 5.41) is 8.22. The smallest absolute Gasteiger partial charge is 0.150 e. The highest BCUT2D eigenvalue weighted by Gasteiger charge is 1.99. The molecule has 0 atom stereocenters. The lowest BCUT2D eigenvalue weighted by Gasteiger charge is -2.02. The van der Waals surface area contributed by atoms with Crippen LogP contribution in [0.15, 0.2) is 47.2 Å². The van der Waals surface area contributed by atoms with Gasteiger partial charge in [-0.25, -0.2) is 0 Å². The molecule has 0 saturated carbocycles. The molecule has 0 unspecified atom stereocenters. The average molecular weight is 227 g/mol. The number of fused-ring (bicyclic) bond motifs is 1. The second-order valence-electron chi connectivity index (χ2n) is 3.98. The summed E-state index contributed by atoms with van der Waals surface area (Å²) in [4.78, 5) is 3.18. The maximum Gasteiger partial charge on any atom is 0.150 e. The first kappa shape index (κ1) is 10.1.